The van der Waals surface area contributed by atoms with Gasteiger partial charge in [0.25, 0.3) is 5.43 Å². The van der Waals surface area contributed by atoms with Crippen LogP contribution in [0.3, 0.4) is 0 Å². The van der Waals surface area contributed by atoms with Gasteiger partial charge in [0.05, 0.1) is 12.2 Å². The fraction of sp³-hybridized carbons (Fsp3) is 0.143. The average molecular weight is 341 g/mol. The monoisotopic (exact) mass is 340 g/mol. The molecule has 6 heteroatoms. The van der Waals surface area contributed by atoms with Gasteiger partial charge in [-0.25, -0.2) is 8.78 Å². The van der Waals surface area contributed by atoms with Gasteiger partial charge in [0.1, 0.15) is 17.2 Å². The maximum absolute atomic E-state index is 13.5. The zero-order chi connectivity index (χ0) is 14.9. The molecule has 0 N–H and O–H groups in total. The summed E-state index contributed by atoms with van der Waals surface area (Å²) in [6.45, 7) is 1.84. The largest absolute Gasteiger partial charge is 0.488 e. The maximum Gasteiger partial charge on any atom is 0.270 e. The van der Waals surface area contributed by atoms with Crippen LogP contribution in [-0.4, -0.2) is 6.61 Å². The molecule has 0 aliphatic heterocycles. The summed E-state index contributed by atoms with van der Waals surface area (Å²) in [5, 5.41) is 0. The number of ether oxygens (including phenoxy) is 1. The second kappa shape index (κ2) is 5.55. The van der Waals surface area contributed by atoms with E-state index in [0.29, 0.717) is 0 Å². The maximum atomic E-state index is 13.5. The zero-order valence-corrected chi connectivity index (χ0v) is 11.8. The van der Waals surface area contributed by atoms with E-state index < -0.39 is 28.1 Å². The fourth-order valence-electron chi connectivity index (χ4n) is 1.55. The van der Waals surface area contributed by atoms with Gasteiger partial charge in [-0.1, -0.05) is 27.8 Å². The summed E-state index contributed by atoms with van der Waals surface area (Å²) in [5.74, 6) is 2.64. The van der Waals surface area contributed by atoms with Crippen molar-refractivity contribution in [2.24, 2.45) is 0 Å². The molecule has 102 valence electrons. The molecule has 0 amide bonds. The second-order valence-electron chi connectivity index (χ2n) is 3.79. The van der Waals surface area contributed by atoms with Gasteiger partial charge in [-0.2, -0.15) is 0 Å². The Hall–Kier alpha value is -2.00. The van der Waals surface area contributed by atoms with E-state index >= 15 is 0 Å². The van der Waals surface area contributed by atoms with Crippen LogP contribution in [-0.2, 0) is 0 Å². The highest BCUT2D eigenvalue weighted by atomic mass is 79.9. The highest BCUT2D eigenvalue weighted by Crippen LogP contribution is 2.19. The van der Waals surface area contributed by atoms with E-state index in [-0.39, 0.29) is 22.4 Å². The van der Waals surface area contributed by atoms with Crippen LogP contribution in [0.25, 0.3) is 0 Å². The van der Waals surface area contributed by atoms with E-state index in [2.05, 4.69) is 27.8 Å². The smallest absolute Gasteiger partial charge is 0.270 e. The molecular weight excluding hydrogens is 334 g/mol. The molecule has 2 aromatic carbocycles. The van der Waals surface area contributed by atoms with E-state index in [1.807, 2.05) is 0 Å². The normalized spacial score (nSPS) is 10.2. The average Bonchev–Trinajstić information content (AvgIpc) is 2.39. The molecule has 0 spiro atoms. The Morgan fingerprint density at radius 3 is 2.20 bits per heavy atom. The van der Waals surface area contributed by atoms with Crippen molar-refractivity contribution < 1.29 is 13.5 Å². The Balaban J connectivity index is 2.45. The van der Waals surface area contributed by atoms with Crippen LogP contribution in [0.1, 0.15) is 18.1 Å². The zero-order valence-electron chi connectivity index (χ0n) is 10.2. The summed E-state index contributed by atoms with van der Waals surface area (Å²) >= 11 is 2.94. The van der Waals surface area contributed by atoms with Crippen LogP contribution in [0, 0.1) is 23.5 Å². The Labute approximate surface area is 121 Å². The molecule has 2 rings (SSSR count). The molecular formula is C14H7BrF2O3. The van der Waals surface area contributed by atoms with Crippen molar-refractivity contribution in [1.29, 1.82) is 0 Å². The summed E-state index contributed by atoms with van der Waals surface area (Å²) in [6, 6.07) is 2.11. The van der Waals surface area contributed by atoms with Crippen LogP contribution < -0.4 is 15.6 Å². The van der Waals surface area contributed by atoms with Crippen molar-refractivity contribution in [3.05, 3.63) is 59.8 Å². The number of rotatable bonds is 2. The molecule has 0 saturated carbocycles. The summed E-state index contributed by atoms with van der Waals surface area (Å²) in [7, 11) is 0. The minimum atomic E-state index is -0.860. The molecule has 0 radical (unpaired) electrons. The number of hydrogen-bond donors (Lipinski definition) is 0. The van der Waals surface area contributed by atoms with Gasteiger partial charge in [-0.3, -0.25) is 9.59 Å². The Morgan fingerprint density at radius 2 is 1.65 bits per heavy atom. The van der Waals surface area contributed by atoms with Gasteiger partial charge in [-0.05, 0) is 19.1 Å². The van der Waals surface area contributed by atoms with Crippen molar-refractivity contribution in [3.8, 4) is 17.6 Å². The lowest BCUT2D eigenvalue weighted by Gasteiger charge is -2.05. The number of benzene rings is 1. The van der Waals surface area contributed by atoms with Crippen molar-refractivity contribution in [2.45, 2.75) is 6.92 Å². The van der Waals surface area contributed by atoms with E-state index in [1.165, 1.54) is 0 Å². The Bertz CT molecular complexity index is 785. The lowest BCUT2D eigenvalue weighted by Crippen LogP contribution is -2.35. The van der Waals surface area contributed by atoms with Crippen LogP contribution in [0.4, 0.5) is 8.78 Å². The molecule has 0 bridgehead atoms. The van der Waals surface area contributed by atoms with Crippen LogP contribution in [0.15, 0.2) is 26.2 Å². The minimum absolute atomic E-state index is 0.150. The predicted molar refractivity (Wildman–Crippen MR) is 72.6 cm³/mol. The van der Waals surface area contributed by atoms with Gasteiger partial charge in [0.2, 0.25) is 5.43 Å². The lowest BCUT2D eigenvalue weighted by molar-refractivity contribution is 0.331. The van der Waals surface area contributed by atoms with E-state index in [4.69, 9.17) is 4.74 Å². The van der Waals surface area contributed by atoms with Gasteiger partial charge < -0.3 is 4.74 Å². The summed E-state index contributed by atoms with van der Waals surface area (Å²) in [6.07, 6.45) is 0. The van der Waals surface area contributed by atoms with Crippen molar-refractivity contribution in [3.63, 3.8) is 0 Å². The van der Waals surface area contributed by atoms with Crippen molar-refractivity contribution in [1.82, 2.24) is 0 Å². The molecule has 2 aromatic rings. The Morgan fingerprint density at radius 1 is 1.10 bits per heavy atom. The van der Waals surface area contributed by atoms with E-state index in [9.17, 15) is 18.4 Å². The number of hydrogen-bond acceptors (Lipinski definition) is 3. The highest BCUT2D eigenvalue weighted by Gasteiger charge is 2.20. The first-order chi connectivity index (χ1) is 9.45. The van der Waals surface area contributed by atoms with Gasteiger partial charge in [-0.15, -0.1) is 0 Å². The SMILES string of the molecule is CCOc1c(C#Cc2c(F)cc(Br)cc2F)c(=O)c1=O. The third kappa shape index (κ3) is 2.49. The van der Waals surface area contributed by atoms with Gasteiger partial charge in [0.15, 0.2) is 5.75 Å². The standard InChI is InChI=1S/C14H7BrF2O3/c1-2-20-14-9(12(18)13(14)19)4-3-8-10(16)5-7(15)6-11(8)17/h5-6H,2H2,1H3. The quantitative estimate of drug-likeness (QED) is 0.621. The third-order valence-corrected chi connectivity index (χ3v) is 2.93. The van der Waals surface area contributed by atoms with Crippen LogP contribution in [0.2, 0.25) is 0 Å². The molecule has 0 fully saturated rings. The van der Waals surface area contributed by atoms with Gasteiger partial charge >= 0.3 is 0 Å². The van der Waals surface area contributed by atoms with Crippen molar-refractivity contribution in [2.75, 3.05) is 6.61 Å². The minimum Gasteiger partial charge on any atom is -0.488 e. The first-order valence-corrected chi connectivity index (χ1v) is 6.37. The summed E-state index contributed by atoms with van der Waals surface area (Å²) in [4.78, 5) is 22.5. The third-order valence-electron chi connectivity index (χ3n) is 2.47. The van der Waals surface area contributed by atoms with Crippen LogP contribution >= 0.6 is 15.9 Å². The highest BCUT2D eigenvalue weighted by molar-refractivity contribution is 9.10. The molecule has 0 heterocycles. The number of halogens is 3. The molecule has 3 nitrogen and oxygen atoms in total. The van der Waals surface area contributed by atoms with Gasteiger partial charge in [0, 0.05) is 4.47 Å². The molecule has 0 aliphatic carbocycles. The molecule has 0 aromatic heterocycles. The first-order valence-electron chi connectivity index (χ1n) is 5.58. The van der Waals surface area contributed by atoms with E-state index in [1.54, 1.807) is 6.92 Å². The second-order valence-corrected chi connectivity index (χ2v) is 4.71. The van der Waals surface area contributed by atoms with Crippen molar-refractivity contribution >= 4 is 15.9 Å². The van der Waals surface area contributed by atoms with E-state index in [0.717, 1.165) is 12.1 Å². The molecule has 20 heavy (non-hydrogen) atoms. The molecule has 0 atom stereocenters. The topological polar surface area (TPSA) is 43.4 Å². The summed E-state index contributed by atoms with van der Waals surface area (Å²) < 4.78 is 32.3. The Kier molecular flexibility index (Phi) is 4.00. The first kappa shape index (κ1) is 14.4. The lowest BCUT2D eigenvalue weighted by atomic mass is 10.1. The summed E-state index contributed by atoms with van der Waals surface area (Å²) in [5.41, 5.74) is -2.20. The van der Waals surface area contributed by atoms with Crippen LogP contribution in [0.5, 0.6) is 5.75 Å². The molecule has 0 saturated heterocycles. The fourth-order valence-corrected chi connectivity index (χ4v) is 1.95. The predicted octanol–water partition coefficient (Wildman–Crippen LogP) is 2.12. The molecule has 0 unspecified atom stereocenters. The molecule has 0 aliphatic rings.